The Labute approximate surface area is 188 Å². The van der Waals surface area contributed by atoms with Crippen LogP contribution in [0.15, 0.2) is 0 Å². The first-order chi connectivity index (χ1) is 13.7. The summed E-state index contributed by atoms with van der Waals surface area (Å²) in [4.78, 5) is 0. The summed E-state index contributed by atoms with van der Waals surface area (Å²) in [5, 5.41) is 0. The van der Waals surface area contributed by atoms with Gasteiger partial charge in [-0.3, -0.25) is 0 Å². The van der Waals surface area contributed by atoms with Crippen LogP contribution in [0.1, 0.15) is 119 Å². The molecule has 0 aliphatic heterocycles. The summed E-state index contributed by atoms with van der Waals surface area (Å²) in [7, 11) is 0. The number of hydrogen-bond acceptors (Lipinski definition) is 3. The third-order valence-corrected chi connectivity index (χ3v) is 15.8. The van der Waals surface area contributed by atoms with E-state index in [-0.39, 0.29) is 0 Å². The van der Waals surface area contributed by atoms with E-state index in [0.29, 0.717) is 0 Å². The molecular weight excluding hydrogens is 445 g/mol. The molecule has 4 heteroatoms. The molecule has 3 nitrogen and oxygen atoms in total. The molecule has 0 spiro atoms. The minimum atomic E-state index is -2.18. The molecule has 28 heavy (non-hydrogen) atoms. The second-order valence-corrected chi connectivity index (χ2v) is 16.8. The molecule has 0 saturated heterocycles. The van der Waals surface area contributed by atoms with Gasteiger partial charge in [0, 0.05) is 0 Å². The molecule has 0 saturated carbocycles. The van der Waals surface area contributed by atoms with Gasteiger partial charge in [0.2, 0.25) is 0 Å². The van der Waals surface area contributed by atoms with Crippen LogP contribution in [0.2, 0.25) is 0 Å². The van der Waals surface area contributed by atoms with Crippen molar-refractivity contribution in [1.29, 1.82) is 0 Å². The number of unbranched alkanes of at least 4 members (excludes halogenated alkanes) is 6. The predicted molar refractivity (Wildman–Crippen MR) is 130 cm³/mol. The topological polar surface area (TPSA) is 9.72 Å². The van der Waals surface area contributed by atoms with Gasteiger partial charge in [-0.05, 0) is 0 Å². The van der Waals surface area contributed by atoms with Crippen LogP contribution >= 0.6 is 0 Å². The molecule has 0 amide bonds. The molecule has 0 N–H and O–H groups in total. The summed E-state index contributed by atoms with van der Waals surface area (Å²) in [5.41, 5.74) is 0. The molecule has 0 aromatic rings. The van der Waals surface area contributed by atoms with E-state index < -0.39 is 22.3 Å². The SMILES string of the molecule is CCCC[N](CCCC)[In]([N](CCCC)CCCC)[N](CCCC)CCCC. The van der Waals surface area contributed by atoms with E-state index >= 15 is 0 Å². The molecule has 0 aliphatic carbocycles. The van der Waals surface area contributed by atoms with Crippen LogP contribution in [-0.2, 0) is 0 Å². The average Bonchev–Trinajstić information content (AvgIpc) is 2.72. The van der Waals surface area contributed by atoms with Gasteiger partial charge in [0.1, 0.15) is 0 Å². The van der Waals surface area contributed by atoms with Gasteiger partial charge in [0.15, 0.2) is 0 Å². The van der Waals surface area contributed by atoms with E-state index in [0.717, 1.165) is 0 Å². The molecule has 0 aromatic heterocycles. The van der Waals surface area contributed by atoms with E-state index in [4.69, 9.17) is 0 Å². The van der Waals surface area contributed by atoms with E-state index in [2.05, 4.69) is 50.2 Å². The van der Waals surface area contributed by atoms with Gasteiger partial charge in [-0.1, -0.05) is 0 Å². The van der Waals surface area contributed by atoms with Crippen LogP contribution in [0, 0.1) is 0 Å². The Balaban J connectivity index is 5.67. The van der Waals surface area contributed by atoms with Crippen molar-refractivity contribution in [3.05, 3.63) is 0 Å². The summed E-state index contributed by atoms with van der Waals surface area (Å²) >= 11 is -2.18. The molecule has 168 valence electrons. The van der Waals surface area contributed by atoms with Crippen molar-refractivity contribution in [2.75, 3.05) is 39.3 Å². The molecule has 0 bridgehead atoms. The van der Waals surface area contributed by atoms with Crippen molar-refractivity contribution < 1.29 is 0 Å². The Morgan fingerprint density at radius 3 is 0.679 bits per heavy atom. The molecule has 0 rings (SSSR count). The van der Waals surface area contributed by atoms with Crippen molar-refractivity contribution in [3.63, 3.8) is 0 Å². The molecule has 0 unspecified atom stereocenters. The third-order valence-electron chi connectivity index (χ3n) is 5.77. The average molecular weight is 500 g/mol. The van der Waals surface area contributed by atoms with Crippen LogP contribution in [-0.4, -0.2) is 70.2 Å². The summed E-state index contributed by atoms with van der Waals surface area (Å²) in [6.07, 6.45) is 16.2. The molecule has 0 atom stereocenters. The molecular formula is C24H54InN3. The number of hydrogen-bond donors (Lipinski definition) is 0. The fourth-order valence-corrected chi connectivity index (χ4v) is 14.9. The van der Waals surface area contributed by atoms with Crippen LogP contribution in [0.4, 0.5) is 0 Å². The van der Waals surface area contributed by atoms with Crippen LogP contribution in [0.3, 0.4) is 0 Å². The summed E-state index contributed by atoms with van der Waals surface area (Å²) in [5.74, 6) is 0. The molecule has 0 aliphatic rings. The van der Waals surface area contributed by atoms with Crippen molar-refractivity contribution in [2.24, 2.45) is 0 Å². The van der Waals surface area contributed by atoms with Crippen molar-refractivity contribution in [3.8, 4) is 0 Å². The summed E-state index contributed by atoms with van der Waals surface area (Å²) in [6.45, 7) is 22.3. The second kappa shape index (κ2) is 21.0. The first kappa shape index (κ1) is 28.8. The maximum absolute atomic E-state index is 3.06. The van der Waals surface area contributed by atoms with Gasteiger partial charge in [0.05, 0.1) is 0 Å². The Hall–Kier alpha value is 0.750. The zero-order valence-electron chi connectivity index (χ0n) is 20.6. The first-order valence-electron chi connectivity index (χ1n) is 12.9. The van der Waals surface area contributed by atoms with Crippen LogP contribution in [0.25, 0.3) is 0 Å². The molecule has 0 radical (unpaired) electrons. The van der Waals surface area contributed by atoms with Crippen LogP contribution < -0.4 is 0 Å². The van der Waals surface area contributed by atoms with Gasteiger partial charge in [-0.25, -0.2) is 0 Å². The normalized spacial score (nSPS) is 11.9. The van der Waals surface area contributed by atoms with E-state index in [1.165, 1.54) is 116 Å². The van der Waals surface area contributed by atoms with Crippen molar-refractivity contribution in [2.45, 2.75) is 119 Å². The molecule has 0 fully saturated rings. The van der Waals surface area contributed by atoms with Crippen molar-refractivity contribution in [1.82, 2.24) is 8.66 Å². The van der Waals surface area contributed by atoms with E-state index in [1.54, 1.807) is 0 Å². The number of rotatable bonds is 21. The maximum atomic E-state index is 3.06. The monoisotopic (exact) mass is 499 g/mol. The Bertz CT molecular complexity index is 243. The molecule has 0 heterocycles. The minimum absolute atomic E-state index is 1.33. The fraction of sp³-hybridized carbons (Fsp3) is 1.00. The fourth-order valence-electron chi connectivity index (χ4n) is 3.89. The third kappa shape index (κ3) is 13.1. The quantitative estimate of drug-likeness (QED) is 0.175. The van der Waals surface area contributed by atoms with Crippen molar-refractivity contribution >= 4 is 22.3 Å². The van der Waals surface area contributed by atoms with E-state index in [1.807, 2.05) is 0 Å². The molecule has 0 aromatic carbocycles. The van der Waals surface area contributed by atoms with Gasteiger partial charge < -0.3 is 0 Å². The Morgan fingerprint density at radius 1 is 0.357 bits per heavy atom. The van der Waals surface area contributed by atoms with Gasteiger partial charge in [0.25, 0.3) is 0 Å². The number of nitrogens with zero attached hydrogens (tertiary/aromatic N) is 3. The first-order valence-corrected chi connectivity index (χ1v) is 17.3. The Kier molecular flexibility index (Phi) is 21.6. The van der Waals surface area contributed by atoms with Gasteiger partial charge in [-0.15, -0.1) is 0 Å². The van der Waals surface area contributed by atoms with Gasteiger partial charge in [-0.2, -0.15) is 0 Å². The second-order valence-electron chi connectivity index (χ2n) is 8.58. The standard InChI is InChI=1S/3C8H18N.In/c3*1-3-5-7-9-8-6-4-2;/h3*3-8H2,1-2H3;/q3*-1;+3. The summed E-state index contributed by atoms with van der Waals surface area (Å²) < 4.78 is 9.18. The Morgan fingerprint density at radius 2 is 0.536 bits per heavy atom. The predicted octanol–water partition coefficient (Wildman–Crippen LogP) is 6.68. The summed E-state index contributed by atoms with van der Waals surface area (Å²) in [6, 6.07) is 0. The van der Waals surface area contributed by atoms with E-state index in [9.17, 15) is 0 Å². The zero-order chi connectivity index (χ0) is 21.0. The van der Waals surface area contributed by atoms with Gasteiger partial charge >= 0.3 is 189 Å². The van der Waals surface area contributed by atoms with Crippen LogP contribution in [0.5, 0.6) is 0 Å². The zero-order valence-corrected chi connectivity index (χ0v) is 23.9.